The van der Waals surface area contributed by atoms with Gasteiger partial charge in [-0.05, 0) is 43.4 Å². The molecule has 21 heavy (non-hydrogen) atoms. The summed E-state index contributed by atoms with van der Waals surface area (Å²) in [6.07, 6.45) is 3.38. The largest absolute Gasteiger partial charge is 0.294 e. The van der Waals surface area contributed by atoms with Gasteiger partial charge in [0.25, 0.3) is 0 Å². The molecule has 0 bridgehead atoms. The first-order valence-electron chi connectivity index (χ1n) is 7.02. The first kappa shape index (κ1) is 16.6. The molecule has 0 saturated carbocycles. The number of aryl methyl sites for hydroxylation is 1. The van der Waals surface area contributed by atoms with Gasteiger partial charge < -0.3 is 0 Å². The molecule has 1 saturated heterocycles. The molecule has 0 radical (unpaired) electrons. The number of nitrogens with zero attached hydrogens (tertiary/aromatic N) is 1. The number of carbonyl (C=O) groups is 1. The summed E-state index contributed by atoms with van der Waals surface area (Å²) in [4.78, 5) is 12.3. The minimum atomic E-state index is -3.16. The van der Waals surface area contributed by atoms with Crippen LogP contribution in [0.5, 0.6) is 0 Å². The molecule has 6 heteroatoms. The number of rotatable bonds is 4. The Morgan fingerprint density at radius 2 is 2.14 bits per heavy atom. The van der Waals surface area contributed by atoms with Crippen molar-refractivity contribution in [3.05, 3.63) is 33.8 Å². The van der Waals surface area contributed by atoms with Crippen molar-refractivity contribution in [2.45, 2.75) is 26.2 Å². The van der Waals surface area contributed by atoms with Crippen molar-refractivity contribution in [2.24, 2.45) is 5.92 Å². The second-order valence-electron chi connectivity index (χ2n) is 5.72. The van der Waals surface area contributed by atoms with E-state index in [0.717, 1.165) is 22.9 Å². The number of halogens is 1. The Balaban J connectivity index is 2.03. The number of Topliss-reactive ketones (excluding diaryl/α,β-unsaturated/α-hetero) is 1. The third-order valence-electron chi connectivity index (χ3n) is 3.90. The van der Waals surface area contributed by atoms with E-state index in [9.17, 15) is 13.2 Å². The Kier molecular flexibility index (Phi) is 5.22. The van der Waals surface area contributed by atoms with Gasteiger partial charge in [0.05, 0.1) is 6.26 Å². The Labute approximate surface area is 134 Å². The zero-order valence-corrected chi connectivity index (χ0v) is 14.7. The van der Waals surface area contributed by atoms with E-state index in [2.05, 4.69) is 15.9 Å². The van der Waals surface area contributed by atoms with Gasteiger partial charge in [-0.2, -0.15) is 0 Å². The third-order valence-corrected chi connectivity index (χ3v) is 6.06. The fraction of sp³-hybridized carbons (Fsp3) is 0.533. The fourth-order valence-electron chi connectivity index (χ4n) is 2.69. The highest BCUT2D eigenvalue weighted by Gasteiger charge is 2.27. The van der Waals surface area contributed by atoms with Crippen LogP contribution in [0.4, 0.5) is 0 Å². The Morgan fingerprint density at radius 3 is 2.76 bits per heavy atom. The van der Waals surface area contributed by atoms with Crippen LogP contribution in [0.3, 0.4) is 0 Å². The van der Waals surface area contributed by atoms with Crippen LogP contribution in [0.1, 0.15) is 35.2 Å². The van der Waals surface area contributed by atoms with Crippen LogP contribution in [0.15, 0.2) is 22.7 Å². The highest BCUT2D eigenvalue weighted by molar-refractivity contribution is 9.10. The number of hydrogen-bond donors (Lipinski definition) is 0. The van der Waals surface area contributed by atoms with E-state index in [1.165, 1.54) is 10.6 Å². The smallest absolute Gasteiger partial charge is 0.211 e. The number of benzene rings is 1. The molecule has 1 heterocycles. The van der Waals surface area contributed by atoms with Gasteiger partial charge in [0.1, 0.15) is 0 Å². The first-order chi connectivity index (χ1) is 9.77. The van der Waals surface area contributed by atoms with Gasteiger partial charge in [0, 0.05) is 29.5 Å². The van der Waals surface area contributed by atoms with Crippen molar-refractivity contribution in [1.29, 1.82) is 0 Å². The van der Waals surface area contributed by atoms with Gasteiger partial charge in [-0.25, -0.2) is 12.7 Å². The van der Waals surface area contributed by atoms with Crippen LogP contribution in [0, 0.1) is 12.8 Å². The zero-order valence-electron chi connectivity index (χ0n) is 12.3. The predicted molar refractivity (Wildman–Crippen MR) is 87.0 cm³/mol. The molecule has 1 aliphatic heterocycles. The fourth-order valence-corrected chi connectivity index (χ4v) is 3.88. The summed E-state index contributed by atoms with van der Waals surface area (Å²) in [5.41, 5.74) is 1.73. The van der Waals surface area contributed by atoms with Crippen molar-refractivity contribution in [3.8, 4) is 0 Å². The number of piperidine rings is 1. The normalized spacial score (nSPS) is 20.4. The second-order valence-corrected chi connectivity index (χ2v) is 8.56. The van der Waals surface area contributed by atoms with Crippen LogP contribution >= 0.6 is 15.9 Å². The summed E-state index contributed by atoms with van der Waals surface area (Å²) in [7, 11) is -3.16. The van der Waals surface area contributed by atoms with E-state index in [0.29, 0.717) is 25.1 Å². The lowest BCUT2D eigenvalue weighted by Crippen LogP contribution is -2.39. The monoisotopic (exact) mass is 373 g/mol. The van der Waals surface area contributed by atoms with Crippen LogP contribution in [-0.2, 0) is 10.0 Å². The van der Waals surface area contributed by atoms with Crippen LogP contribution in [0.2, 0.25) is 0 Å². The molecule has 0 aromatic heterocycles. The van der Waals surface area contributed by atoms with Crippen LogP contribution in [0.25, 0.3) is 0 Å². The maximum Gasteiger partial charge on any atom is 0.211 e. The first-order valence-corrected chi connectivity index (χ1v) is 9.66. The highest BCUT2D eigenvalue weighted by atomic mass is 79.9. The molecule has 0 aliphatic carbocycles. The van der Waals surface area contributed by atoms with Gasteiger partial charge >= 0.3 is 0 Å². The molecule has 1 aliphatic rings. The summed E-state index contributed by atoms with van der Waals surface area (Å²) in [5.74, 6) is 0.205. The minimum Gasteiger partial charge on any atom is -0.294 e. The maximum atomic E-state index is 12.3. The van der Waals surface area contributed by atoms with E-state index in [1.807, 2.05) is 25.1 Å². The Hall–Kier alpha value is -0.720. The maximum absolute atomic E-state index is 12.3. The van der Waals surface area contributed by atoms with Crippen molar-refractivity contribution in [2.75, 3.05) is 19.3 Å². The molecule has 0 spiro atoms. The predicted octanol–water partition coefficient (Wildman–Crippen LogP) is 3.00. The van der Waals surface area contributed by atoms with E-state index in [-0.39, 0.29) is 11.7 Å². The van der Waals surface area contributed by atoms with Crippen LogP contribution < -0.4 is 0 Å². The Morgan fingerprint density at radius 1 is 1.43 bits per heavy atom. The SMILES string of the molecule is Cc1cc(C(=O)CC2CCCN(S(C)(=O)=O)C2)ccc1Br. The van der Waals surface area contributed by atoms with E-state index in [1.54, 1.807) is 0 Å². The lowest BCUT2D eigenvalue weighted by atomic mass is 9.91. The molecule has 1 fully saturated rings. The molecule has 2 rings (SSSR count). The quantitative estimate of drug-likeness (QED) is 0.762. The molecule has 1 unspecified atom stereocenters. The van der Waals surface area contributed by atoms with Gasteiger partial charge in [0.2, 0.25) is 10.0 Å². The van der Waals surface area contributed by atoms with Crippen molar-refractivity contribution >= 4 is 31.7 Å². The number of sulfonamides is 1. The Bertz CT molecular complexity index is 642. The van der Waals surface area contributed by atoms with E-state index >= 15 is 0 Å². The topological polar surface area (TPSA) is 54.5 Å². The molecule has 0 N–H and O–H groups in total. The zero-order chi connectivity index (χ0) is 15.6. The molecule has 1 aromatic carbocycles. The highest BCUT2D eigenvalue weighted by Crippen LogP contribution is 2.24. The third kappa shape index (κ3) is 4.37. The standard InChI is InChI=1S/C15H20BrNO3S/c1-11-8-13(5-6-14(11)16)15(18)9-12-4-3-7-17(10-12)21(2,19)20/h5-6,8,12H,3-4,7,9-10H2,1-2H3. The summed E-state index contributed by atoms with van der Waals surface area (Å²) >= 11 is 3.42. The molecular weight excluding hydrogens is 354 g/mol. The van der Waals surface area contributed by atoms with Gasteiger partial charge in [-0.3, -0.25) is 4.79 Å². The number of hydrogen-bond acceptors (Lipinski definition) is 3. The lowest BCUT2D eigenvalue weighted by Gasteiger charge is -2.30. The molecule has 116 valence electrons. The summed E-state index contributed by atoms with van der Waals surface area (Å²) in [6, 6.07) is 5.58. The molecule has 0 amide bonds. The van der Waals surface area contributed by atoms with E-state index < -0.39 is 10.0 Å². The van der Waals surface area contributed by atoms with Gasteiger partial charge in [0.15, 0.2) is 5.78 Å². The molecular formula is C15H20BrNO3S. The van der Waals surface area contributed by atoms with Crippen molar-refractivity contribution < 1.29 is 13.2 Å². The minimum absolute atomic E-state index is 0.0888. The summed E-state index contributed by atoms with van der Waals surface area (Å²) < 4.78 is 25.7. The van der Waals surface area contributed by atoms with Gasteiger partial charge in [-0.15, -0.1) is 0 Å². The van der Waals surface area contributed by atoms with E-state index in [4.69, 9.17) is 0 Å². The molecule has 1 aromatic rings. The van der Waals surface area contributed by atoms with Gasteiger partial charge in [-0.1, -0.05) is 22.0 Å². The number of ketones is 1. The molecule has 1 atom stereocenters. The van der Waals surface area contributed by atoms with Crippen molar-refractivity contribution in [1.82, 2.24) is 4.31 Å². The molecule has 4 nitrogen and oxygen atoms in total. The van der Waals surface area contributed by atoms with Crippen molar-refractivity contribution in [3.63, 3.8) is 0 Å². The summed E-state index contributed by atoms with van der Waals surface area (Å²) in [6.45, 7) is 2.98. The lowest BCUT2D eigenvalue weighted by molar-refractivity contribution is 0.0942. The van der Waals surface area contributed by atoms with Crippen LogP contribution in [-0.4, -0.2) is 37.9 Å². The number of carbonyl (C=O) groups excluding carboxylic acids is 1. The average Bonchev–Trinajstić information content (AvgIpc) is 2.41. The summed E-state index contributed by atoms with van der Waals surface area (Å²) in [5, 5.41) is 0. The average molecular weight is 374 g/mol. The second kappa shape index (κ2) is 6.58.